The van der Waals surface area contributed by atoms with Crippen molar-refractivity contribution in [1.82, 2.24) is 5.43 Å². The molecule has 114 valence electrons. The average molecular weight is 290 g/mol. The van der Waals surface area contributed by atoms with Crippen molar-refractivity contribution in [1.29, 1.82) is 0 Å². The summed E-state index contributed by atoms with van der Waals surface area (Å²) in [5.74, 6) is 0.993. The van der Waals surface area contributed by atoms with E-state index in [1.807, 2.05) is 18.2 Å². The predicted molar refractivity (Wildman–Crippen MR) is 81.7 cm³/mol. The van der Waals surface area contributed by atoms with Crippen LogP contribution in [0.4, 0.5) is 0 Å². The molecule has 1 atom stereocenters. The number of carbonyl (C=O) groups is 1. The number of nitrogens with one attached hydrogen (secondary N) is 1. The van der Waals surface area contributed by atoms with Gasteiger partial charge in [-0.25, -0.2) is 5.43 Å². The van der Waals surface area contributed by atoms with Gasteiger partial charge >= 0.3 is 0 Å². The molecule has 0 spiro atoms. The van der Waals surface area contributed by atoms with Crippen LogP contribution in [-0.2, 0) is 4.79 Å². The van der Waals surface area contributed by atoms with Crippen molar-refractivity contribution in [2.45, 2.75) is 45.6 Å². The second kappa shape index (κ2) is 7.67. The summed E-state index contributed by atoms with van der Waals surface area (Å²) in [7, 11) is 0. The van der Waals surface area contributed by atoms with Crippen molar-refractivity contribution in [3.8, 4) is 11.5 Å². The molecule has 1 aromatic carbocycles. The lowest BCUT2D eigenvalue weighted by molar-refractivity contribution is -0.130. The minimum absolute atomic E-state index is 0.204. The van der Waals surface area contributed by atoms with Crippen LogP contribution in [0.3, 0.4) is 0 Å². The van der Waals surface area contributed by atoms with Gasteiger partial charge in [0.05, 0.1) is 0 Å². The number of amides is 1. The monoisotopic (exact) mass is 290 g/mol. The van der Waals surface area contributed by atoms with E-state index in [2.05, 4.69) is 24.4 Å². The normalized spacial score (nSPS) is 16.2. The van der Waals surface area contributed by atoms with E-state index in [9.17, 15) is 4.79 Å². The van der Waals surface area contributed by atoms with E-state index in [1.165, 1.54) is 0 Å². The third-order valence-electron chi connectivity index (χ3n) is 3.20. The summed E-state index contributed by atoms with van der Waals surface area (Å²) in [4.78, 5) is 12.1. The highest BCUT2D eigenvalue weighted by Gasteiger charge is 2.27. The van der Waals surface area contributed by atoms with E-state index >= 15 is 0 Å². The van der Waals surface area contributed by atoms with Crippen molar-refractivity contribution in [2.75, 3.05) is 6.61 Å². The number of hydrogen-bond donors (Lipinski definition) is 1. The number of ether oxygens (including phenoxy) is 2. The molecule has 0 aromatic heterocycles. The number of fused-ring (bicyclic) bond motifs is 1. The number of para-hydroxylation sites is 2. The van der Waals surface area contributed by atoms with E-state index in [4.69, 9.17) is 9.47 Å². The van der Waals surface area contributed by atoms with Crippen LogP contribution in [0, 0.1) is 0 Å². The van der Waals surface area contributed by atoms with Gasteiger partial charge in [-0.1, -0.05) is 38.8 Å². The Hall–Kier alpha value is -2.04. The van der Waals surface area contributed by atoms with Crippen molar-refractivity contribution in [2.24, 2.45) is 5.10 Å². The Kier molecular flexibility index (Phi) is 5.60. The lowest BCUT2D eigenvalue weighted by atomic mass is 10.1. The van der Waals surface area contributed by atoms with Gasteiger partial charge in [-0.3, -0.25) is 4.79 Å². The van der Waals surface area contributed by atoms with Crippen LogP contribution in [0.2, 0.25) is 0 Å². The smallest absolute Gasteiger partial charge is 0.284 e. The van der Waals surface area contributed by atoms with Gasteiger partial charge in [0.25, 0.3) is 5.91 Å². The molecule has 1 aromatic rings. The molecule has 0 fully saturated rings. The molecule has 1 amide bonds. The van der Waals surface area contributed by atoms with Crippen molar-refractivity contribution in [3.05, 3.63) is 24.3 Å². The van der Waals surface area contributed by atoms with E-state index < -0.39 is 6.10 Å². The lowest BCUT2D eigenvalue weighted by Crippen LogP contribution is -2.42. The van der Waals surface area contributed by atoms with Gasteiger partial charge in [0, 0.05) is 5.71 Å². The standard InChI is InChI=1S/C16H22N2O3/c1-3-7-12(8-4-2)17-18-16(19)15-11-20-13-9-5-6-10-14(13)21-15/h5-6,9-10,15H,3-4,7-8,11H2,1-2H3,(H,18,19)/t15-/m0/s1. The van der Waals surface area contributed by atoms with Gasteiger partial charge in [0.1, 0.15) is 6.61 Å². The summed E-state index contributed by atoms with van der Waals surface area (Å²) in [6.45, 7) is 4.40. The topological polar surface area (TPSA) is 59.9 Å². The van der Waals surface area contributed by atoms with E-state index in [1.54, 1.807) is 6.07 Å². The molecule has 1 heterocycles. The molecule has 0 aliphatic carbocycles. The van der Waals surface area contributed by atoms with Gasteiger partial charge < -0.3 is 9.47 Å². The molecule has 1 aliphatic heterocycles. The molecule has 21 heavy (non-hydrogen) atoms. The molecule has 0 saturated heterocycles. The number of nitrogens with zero attached hydrogens (tertiary/aromatic N) is 1. The van der Waals surface area contributed by atoms with Crippen LogP contribution < -0.4 is 14.9 Å². The minimum Gasteiger partial charge on any atom is -0.485 e. The Bertz CT molecular complexity index is 506. The van der Waals surface area contributed by atoms with Crippen LogP contribution in [0.15, 0.2) is 29.4 Å². The maximum absolute atomic E-state index is 12.1. The first kappa shape index (κ1) is 15.4. The molecular formula is C16H22N2O3. The Labute approximate surface area is 125 Å². The fraction of sp³-hybridized carbons (Fsp3) is 0.500. The molecule has 2 rings (SSSR count). The first-order chi connectivity index (χ1) is 10.2. The summed E-state index contributed by atoms with van der Waals surface area (Å²) in [6, 6.07) is 7.33. The van der Waals surface area contributed by atoms with Gasteiger partial charge in [-0.15, -0.1) is 0 Å². The van der Waals surface area contributed by atoms with Gasteiger partial charge in [-0.05, 0) is 25.0 Å². The third-order valence-corrected chi connectivity index (χ3v) is 3.20. The summed E-state index contributed by atoms with van der Waals surface area (Å²) in [5.41, 5.74) is 3.62. The lowest BCUT2D eigenvalue weighted by Gasteiger charge is -2.24. The van der Waals surface area contributed by atoms with E-state index in [0.29, 0.717) is 11.5 Å². The van der Waals surface area contributed by atoms with Crippen LogP contribution in [0.1, 0.15) is 39.5 Å². The largest absolute Gasteiger partial charge is 0.485 e. The van der Waals surface area contributed by atoms with E-state index in [0.717, 1.165) is 31.4 Å². The SMILES string of the molecule is CCCC(CCC)=NNC(=O)[C@@H]1COc2ccccc2O1. The molecule has 5 heteroatoms. The number of carbonyl (C=O) groups excluding carboxylic acids is 1. The zero-order chi connectivity index (χ0) is 15.1. The highest BCUT2D eigenvalue weighted by molar-refractivity contribution is 5.87. The minimum atomic E-state index is -0.659. The van der Waals surface area contributed by atoms with Gasteiger partial charge in [0.2, 0.25) is 6.10 Å². The first-order valence-corrected chi connectivity index (χ1v) is 7.48. The molecule has 5 nitrogen and oxygen atoms in total. The van der Waals surface area contributed by atoms with Crippen molar-refractivity contribution in [3.63, 3.8) is 0 Å². The molecule has 0 saturated carbocycles. The molecular weight excluding hydrogens is 268 g/mol. The second-order valence-electron chi connectivity index (χ2n) is 5.02. The summed E-state index contributed by atoms with van der Waals surface area (Å²) < 4.78 is 11.2. The van der Waals surface area contributed by atoms with Gasteiger partial charge in [-0.2, -0.15) is 5.10 Å². The molecule has 0 radical (unpaired) electrons. The molecule has 0 unspecified atom stereocenters. The quantitative estimate of drug-likeness (QED) is 0.647. The van der Waals surface area contributed by atoms with Crippen LogP contribution in [-0.4, -0.2) is 24.3 Å². The Morgan fingerprint density at radius 1 is 1.24 bits per heavy atom. The maximum Gasteiger partial charge on any atom is 0.284 e. The fourth-order valence-corrected chi connectivity index (χ4v) is 2.17. The summed E-state index contributed by atoms with van der Waals surface area (Å²) >= 11 is 0. The third kappa shape index (κ3) is 4.21. The second-order valence-corrected chi connectivity index (χ2v) is 5.02. The van der Waals surface area contributed by atoms with Gasteiger partial charge in [0.15, 0.2) is 11.5 Å². The number of hydrazone groups is 1. The average Bonchev–Trinajstić information content (AvgIpc) is 2.52. The molecule has 0 bridgehead atoms. The zero-order valence-corrected chi connectivity index (χ0v) is 12.6. The highest BCUT2D eigenvalue weighted by Crippen LogP contribution is 2.30. The maximum atomic E-state index is 12.1. The Balaban J connectivity index is 1.94. The van der Waals surface area contributed by atoms with E-state index in [-0.39, 0.29) is 12.5 Å². The van der Waals surface area contributed by atoms with Crippen LogP contribution >= 0.6 is 0 Å². The molecule has 1 aliphatic rings. The molecule has 1 N–H and O–H groups in total. The Morgan fingerprint density at radius 2 is 1.90 bits per heavy atom. The number of benzene rings is 1. The highest BCUT2D eigenvalue weighted by atomic mass is 16.6. The summed E-state index contributed by atoms with van der Waals surface area (Å²) in [5, 5.41) is 4.22. The van der Waals surface area contributed by atoms with Crippen LogP contribution in [0.25, 0.3) is 0 Å². The van der Waals surface area contributed by atoms with Crippen molar-refractivity contribution < 1.29 is 14.3 Å². The fourth-order valence-electron chi connectivity index (χ4n) is 2.17. The number of rotatable bonds is 6. The predicted octanol–water partition coefficient (Wildman–Crippen LogP) is 2.90. The summed E-state index contributed by atoms with van der Waals surface area (Å²) in [6.07, 6.45) is 3.18. The zero-order valence-electron chi connectivity index (χ0n) is 12.6. The van der Waals surface area contributed by atoms with Crippen LogP contribution in [0.5, 0.6) is 11.5 Å². The number of hydrogen-bond acceptors (Lipinski definition) is 4. The first-order valence-electron chi connectivity index (χ1n) is 7.48. The van der Waals surface area contributed by atoms with Crippen molar-refractivity contribution >= 4 is 11.6 Å². The Morgan fingerprint density at radius 3 is 2.57 bits per heavy atom.